The Morgan fingerprint density at radius 1 is 1.41 bits per heavy atom. The average Bonchev–Trinajstić information content (AvgIpc) is 2.50. The Hall–Kier alpha value is -1.46. The van der Waals surface area contributed by atoms with Gasteiger partial charge in [-0.3, -0.25) is 4.79 Å². The first-order chi connectivity index (χ1) is 10.5. The number of nitrogens with zero attached hydrogens (tertiary/aromatic N) is 1. The van der Waals surface area contributed by atoms with Gasteiger partial charge in [0.1, 0.15) is 5.82 Å². The van der Waals surface area contributed by atoms with Crippen molar-refractivity contribution in [3.63, 3.8) is 0 Å². The standard InChI is InChI=1S/C17H25FN2O2/c1-13-6-8-20(9-7-13)12-15(21)11-19-17(22)10-14-4-2-3-5-16(14)18/h2-5,13,15,21H,6-12H2,1H3,(H,19,22). The number of likely N-dealkylation sites (tertiary alicyclic amines) is 1. The number of benzene rings is 1. The van der Waals surface area contributed by atoms with Crippen LogP contribution in [0.4, 0.5) is 4.39 Å². The lowest BCUT2D eigenvalue weighted by Crippen LogP contribution is -2.43. The molecule has 1 amide bonds. The second-order valence-corrected chi connectivity index (χ2v) is 6.21. The van der Waals surface area contributed by atoms with Crippen molar-refractivity contribution in [2.24, 2.45) is 5.92 Å². The molecule has 1 aromatic carbocycles. The number of rotatable bonds is 6. The van der Waals surface area contributed by atoms with Gasteiger partial charge in [-0.2, -0.15) is 0 Å². The first-order valence-corrected chi connectivity index (χ1v) is 7.95. The van der Waals surface area contributed by atoms with Gasteiger partial charge >= 0.3 is 0 Å². The summed E-state index contributed by atoms with van der Waals surface area (Å²) in [4.78, 5) is 14.0. The van der Waals surface area contributed by atoms with Crippen molar-refractivity contribution in [1.29, 1.82) is 0 Å². The van der Waals surface area contributed by atoms with Gasteiger partial charge < -0.3 is 15.3 Å². The summed E-state index contributed by atoms with van der Waals surface area (Å²) in [6.07, 6.45) is 1.73. The van der Waals surface area contributed by atoms with Crippen LogP contribution in [0.2, 0.25) is 0 Å². The van der Waals surface area contributed by atoms with E-state index in [1.54, 1.807) is 18.2 Å². The molecular formula is C17H25FN2O2. The number of aliphatic hydroxyl groups is 1. The van der Waals surface area contributed by atoms with Crippen molar-refractivity contribution < 1.29 is 14.3 Å². The van der Waals surface area contributed by atoms with E-state index in [1.807, 2.05) is 0 Å². The molecule has 5 heteroatoms. The minimum atomic E-state index is -0.585. The molecule has 1 saturated heterocycles. The summed E-state index contributed by atoms with van der Waals surface area (Å²) in [5.74, 6) is 0.117. The summed E-state index contributed by atoms with van der Waals surface area (Å²) in [6.45, 7) is 5.03. The van der Waals surface area contributed by atoms with E-state index in [2.05, 4.69) is 17.1 Å². The molecule has 0 radical (unpaired) electrons. The molecular weight excluding hydrogens is 283 g/mol. The highest BCUT2D eigenvalue weighted by Crippen LogP contribution is 2.15. The van der Waals surface area contributed by atoms with Crippen LogP contribution in [0.5, 0.6) is 0 Å². The number of carbonyl (C=O) groups is 1. The van der Waals surface area contributed by atoms with E-state index in [0.717, 1.165) is 31.8 Å². The second kappa shape index (κ2) is 8.25. The molecule has 2 rings (SSSR count). The van der Waals surface area contributed by atoms with Crippen molar-refractivity contribution in [2.45, 2.75) is 32.3 Å². The van der Waals surface area contributed by atoms with Crippen molar-refractivity contribution >= 4 is 5.91 Å². The molecule has 1 fully saturated rings. The number of hydrogen-bond acceptors (Lipinski definition) is 3. The summed E-state index contributed by atoms with van der Waals surface area (Å²) in [6, 6.07) is 6.24. The normalized spacial score (nSPS) is 18.1. The van der Waals surface area contributed by atoms with Crippen molar-refractivity contribution in [3.8, 4) is 0 Å². The summed E-state index contributed by atoms with van der Waals surface area (Å²) >= 11 is 0. The third-order valence-corrected chi connectivity index (χ3v) is 4.19. The summed E-state index contributed by atoms with van der Waals surface area (Å²) in [5.41, 5.74) is 0.375. The number of nitrogens with one attached hydrogen (secondary N) is 1. The van der Waals surface area contributed by atoms with Crippen molar-refractivity contribution in [3.05, 3.63) is 35.6 Å². The molecule has 1 unspecified atom stereocenters. The van der Waals surface area contributed by atoms with Crippen LogP contribution in [-0.2, 0) is 11.2 Å². The van der Waals surface area contributed by atoms with Crippen LogP contribution in [0, 0.1) is 11.7 Å². The predicted octanol–water partition coefficient (Wildman–Crippen LogP) is 1.58. The maximum atomic E-state index is 13.5. The highest BCUT2D eigenvalue weighted by atomic mass is 19.1. The van der Waals surface area contributed by atoms with Gasteiger partial charge in [0.2, 0.25) is 5.91 Å². The van der Waals surface area contributed by atoms with Crippen LogP contribution >= 0.6 is 0 Å². The van der Waals surface area contributed by atoms with Gasteiger partial charge in [-0.15, -0.1) is 0 Å². The Kier molecular flexibility index (Phi) is 6.34. The molecule has 0 aliphatic carbocycles. The Morgan fingerprint density at radius 2 is 2.09 bits per heavy atom. The number of aliphatic hydroxyl groups excluding tert-OH is 1. The van der Waals surface area contributed by atoms with Gasteiger partial charge in [-0.1, -0.05) is 25.1 Å². The van der Waals surface area contributed by atoms with Crippen LogP contribution in [0.1, 0.15) is 25.3 Å². The average molecular weight is 308 g/mol. The monoisotopic (exact) mass is 308 g/mol. The lowest BCUT2D eigenvalue weighted by Gasteiger charge is -2.31. The highest BCUT2D eigenvalue weighted by molar-refractivity contribution is 5.78. The molecule has 1 aromatic rings. The summed E-state index contributed by atoms with van der Waals surface area (Å²) in [5, 5.41) is 12.7. The number of amides is 1. The molecule has 1 aliphatic heterocycles. The lowest BCUT2D eigenvalue weighted by molar-refractivity contribution is -0.121. The zero-order valence-electron chi connectivity index (χ0n) is 13.1. The first-order valence-electron chi connectivity index (χ1n) is 7.95. The van der Waals surface area contributed by atoms with Crippen molar-refractivity contribution in [2.75, 3.05) is 26.2 Å². The summed E-state index contributed by atoms with van der Waals surface area (Å²) in [7, 11) is 0. The highest BCUT2D eigenvalue weighted by Gasteiger charge is 2.18. The van der Waals surface area contributed by atoms with Gasteiger partial charge in [0.15, 0.2) is 0 Å². The molecule has 0 saturated carbocycles. The molecule has 1 aliphatic rings. The fraction of sp³-hybridized carbons (Fsp3) is 0.588. The van der Waals surface area contributed by atoms with Crippen LogP contribution in [0.25, 0.3) is 0 Å². The van der Waals surface area contributed by atoms with Crippen LogP contribution in [0.15, 0.2) is 24.3 Å². The van der Waals surface area contributed by atoms with E-state index in [-0.39, 0.29) is 24.7 Å². The number of carbonyl (C=O) groups excluding carboxylic acids is 1. The van der Waals surface area contributed by atoms with Crippen LogP contribution in [-0.4, -0.2) is 48.2 Å². The Morgan fingerprint density at radius 3 is 2.77 bits per heavy atom. The Balaban J connectivity index is 1.68. The quantitative estimate of drug-likeness (QED) is 0.839. The Bertz CT molecular complexity index is 487. The second-order valence-electron chi connectivity index (χ2n) is 6.21. The minimum absolute atomic E-state index is 0.000617. The molecule has 2 N–H and O–H groups in total. The van der Waals surface area contributed by atoms with E-state index in [4.69, 9.17) is 0 Å². The van der Waals surface area contributed by atoms with E-state index >= 15 is 0 Å². The van der Waals surface area contributed by atoms with Gasteiger partial charge in [-0.25, -0.2) is 4.39 Å². The van der Waals surface area contributed by atoms with E-state index in [0.29, 0.717) is 12.1 Å². The molecule has 122 valence electrons. The number of halogens is 1. The van der Waals surface area contributed by atoms with Gasteiger partial charge in [0, 0.05) is 13.1 Å². The number of piperidine rings is 1. The van der Waals surface area contributed by atoms with Gasteiger partial charge in [0.05, 0.1) is 12.5 Å². The SMILES string of the molecule is CC1CCN(CC(O)CNC(=O)Cc2ccccc2F)CC1. The maximum absolute atomic E-state index is 13.5. The van der Waals surface area contributed by atoms with E-state index < -0.39 is 6.10 Å². The Labute approximate surface area is 131 Å². The summed E-state index contributed by atoms with van der Waals surface area (Å²) < 4.78 is 13.5. The molecule has 4 nitrogen and oxygen atoms in total. The molecule has 1 atom stereocenters. The zero-order valence-corrected chi connectivity index (χ0v) is 13.1. The van der Waals surface area contributed by atoms with Crippen LogP contribution < -0.4 is 5.32 Å². The fourth-order valence-corrected chi connectivity index (χ4v) is 2.72. The topological polar surface area (TPSA) is 52.6 Å². The van der Waals surface area contributed by atoms with E-state index in [1.165, 1.54) is 6.07 Å². The van der Waals surface area contributed by atoms with Crippen LogP contribution in [0.3, 0.4) is 0 Å². The lowest BCUT2D eigenvalue weighted by atomic mass is 9.99. The first kappa shape index (κ1) is 16.9. The smallest absolute Gasteiger partial charge is 0.224 e. The third kappa shape index (κ3) is 5.39. The van der Waals surface area contributed by atoms with Gasteiger partial charge in [0.25, 0.3) is 0 Å². The van der Waals surface area contributed by atoms with Crippen molar-refractivity contribution in [1.82, 2.24) is 10.2 Å². The molecule has 0 aromatic heterocycles. The molecule has 22 heavy (non-hydrogen) atoms. The van der Waals surface area contributed by atoms with Gasteiger partial charge in [-0.05, 0) is 43.5 Å². The molecule has 1 heterocycles. The zero-order chi connectivity index (χ0) is 15.9. The molecule has 0 spiro atoms. The third-order valence-electron chi connectivity index (χ3n) is 4.19. The molecule has 0 bridgehead atoms. The number of hydrogen-bond donors (Lipinski definition) is 2. The van der Waals surface area contributed by atoms with E-state index in [9.17, 15) is 14.3 Å². The minimum Gasteiger partial charge on any atom is -0.390 e. The fourth-order valence-electron chi connectivity index (χ4n) is 2.72. The largest absolute Gasteiger partial charge is 0.390 e. The predicted molar refractivity (Wildman–Crippen MR) is 84.0 cm³/mol. The maximum Gasteiger partial charge on any atom is 0.224 e. The number of β-amino-alcohol motifs (C(OH)–C–C–N with tert-alkyl or cyclic N) is 1.